The molecule has 208 valence electrons. The smallest absolute Gasteiger partial charge is 0.353 e. The summed E-state index contributed by atoms with van der Waals surface area (Å²) < 4.78 is 10.1. The Balaban J connectivity index is 1.12. The molecule has 3 aliphatic rings. The summed E-state index contributed by atoms with van der Waals surface area (Å²) in [5.74, 6) is 1.50. The van der Waals surface area contributed by atoms with Gasteiger partial charge < -0.3 is 14.9 Å². The Hall–Kier alpha value is -5.85. The lowest BCUT2D eigenvalue weighted by Gasteiger charge is -2.22. The van der Waals surface area contributed by atoms with Crippen LogP contribution in [0.3, 0.4) is 0 Å². The van der Waals surface area contributed by atoms with E-state index in [0.717, 1.165) is 72.8 Å². The fourth-order valence-corrected chi connectivity index (χ4v) is 6.18. The summed E-state index contributed by atoms with van der Waals surface area (Å²) in [6.45, 7) is 0. The maximum atomic E-state index is 13.5. The fourth-order valence-electron chi connectivity index (χ4n) is 6.18. The normalized spacial score (nSPS) is 19.8. The molecule has 0 amide bonds. The van der Waals surface area contributed by atoms with Crippen LogP contribution in [0.2, 0.25) is 0 Å². The second-order valence-electron chi connectivity index (χ2n) is 11.1. The van der Waals surface area contributed by atoms with Crippen molar-refractivity contribution in [3.63, 3.8) is 0 Å². The first-order valence-corrected chi connectivity index (χ1v) is 14.5. The molecule has 0 radical (unpaired) electrons. The van der Waals surface area contributed by atoms with Crippen LogP contribution in [0.4, 0.5) is 11.4 Å². The molecule has 0 aliphatic carbocycles. The van der Waals surface area contributed by atoms with E-state index in [9.17, 15) is 5.21 Å². The predicted molar refractivity (Wildman–Crippen MR) is 178 cm³/mol. The van der Waals surface area contributed by atoms with Crippen molar-refractivity contribution < 1.29 is 4.42 Å². The topological polar surface area (TPSA) is 87.0 Å². The van der Waals surface area contributed by atoms with Crippen molar-refractivity contribution in [1.29, 1.82) is 0 Å². The van der Waals surface area contributed by atoms with E-state index < -0.39 is 4.65 Å². The predicted octanol–water partition coefficient (Wildman–Crippen LogP) is 7.30. The molecule has 7 nitrogen and oxygen atoms in total. The minimum absolute atomic E-state index is 0.372. The number of hydrogen-bond donors (Lipinski definition) is 1. The standard InChI is InChI=1S/C37H24N5O2/c43-42(27-18-19-38-22-27)31-17-15-25(20-32(31)42)28-12-7-13-30-29-16-14-26(21-33(29)44-34(28)30)37-40-35(23-8-3-1-4-9-23)39-36(41-37)24-10-5-2-6-11-24/h1-22,35H,(H,39,40,41)/q+1. The number of para-hydroxylation sites is 1. The Labute approximate surface area is 252 Å². The maximum Gasteiger partial charge on any atom is 0.353 e. The molecule has 5 aromatic carbocycles. The van der Waals surface area contributed by atoms with Gasteiger partial charge in [-0.15, -0.1) is 0 Å². The number of quaternary nitrogens is 1. The van der Waals surface area contributed by atoms with Crippen LogP contribution >= 0.6 is 0 Å². The van der Waals surface area contributed by atoms with Crippen LogP contribution in [-0.4, -0.2) is 24.1 Å². The molecule has 4 heterocycles. The van der Waals surface area contributed by atoms with Crippen LogP contribution in [0.25, 0.3) is 33.1 Å². The van der Waals surface area contributed by atoms with Gasteiger partial charge in [0.15, 0.2) is 6.17 Å². The van der Waals surface area contributed by atoms with Gasteiger partial charge in [-0.05, 0) is 29.3 Å². The molecule has 1 aromatic heterocycles. The van der Waals surface area contributed by atoms with Gasteiger partial charge in [0.2, 0.25) is 17.1 Å². The molecule has 6 aromatic rings. The van der Waals surface area contributed by atoms with Crippen LogP contribution in [-0.2, 0) is 0 Å². The number of aliphatic imine (C=N–C) groups is 2. The van der Waals surface area contributed by atoms with Crippen LogP contribution < -0.4 is 14.6 Å². The van der Waals surface area contributed by atoms with E-state index >= 15 is 0 Å². The molecule has 0 spiro atoms. The third kappa shape index (κ3) is 3.75. The maximum absolute atomic E-state index is 13.5. The van der Waals surface area contributed by atoms with Crippen molar-refractivity contribution >= 4 is 57.4 Å². The Kier molecular flexibility index (Phi) is 5.24. The lowest BCUT2D eigenvalue weighted by atomic mass is 10.0. The number of hydrogen-bond acceptors (Lipinski definition) is 5. The van der Waals surface area contributed by atoms with Gasteiger partial charge in [0.05, 0.1) is 6.08 Å². The average Bonchev–Trinajstić information content (AvgIpc) is 3.46. The van der Waals surface area contributed by atoms with Gasteiger partial charge in [-0.25, -0.2) is 14.6 Å². The van der Waals surface area contributed by atoms with E-state index in [2.05, 4.69) is 40.3 Å². The van der Waals surface area contributed by atoms with E-state index in [4.69, 9.17) is 14.4 Å². The summed E-state index contributed by atoms with van der Waals surface area (Å²) in [5, 5.41) is 19.0. The summed E-state index contributed by atoms with van der Waals surface area (Å²) in [6.07, 6.45) is 4.68. The molecule has 1 N–H and O–H groups in total. The Morgan fingerprint density at radius 2 is 1.48 bits per heavy atom. The van der Waals surface area contributed by atoms with Crippen LogP contribution in [0.15, 0.2) is 141 Å². The van der Waals surface area contributed by atoms with Crippen molar-refractivity contribution in [3.05, 3.63) is 149 Å². The monoisotopic (exact) mass is 570 g/mol. The number of rotatable bonds is 5. The first-order valence-electron chi connectivity index (χ1n) is 14.5. The number of nitrogens with zero attached hydrogens (tertiary/aromatic N) is 4. The molecule has 0 saturated heterocycles. The van der Waals surface area contributed by atoms with Gasteiger partial charge >= 0.3 is 6.21 Å². The molecule has 0 bridgehead atoms. The zero-order valence-corrected chi connectivity index (χ0v) is 23.4. The molecular formula is C37H24N5O2+. The number of furan rings is 1. The average molecular weight is 571 g/mol. The molecule has 2 atom stereocenters. The van der Waals surface area contributed by atoms with Crippen molar-refractivity contribution in [1.82, 2.24) is 14.6 Å². The summed E-state index contributed by atoms with van der Waals surface area (Å²) >= 11 is 0. The molecule has 7 heteroatoms. The summed E-state index contributed by atoms with van der Waals surface area (Å²) in [6, 6.07) is 38.4. The van der Waals surface area contributed by atoms with Gasteiger partial charge in [0, 0.05) is 39.6 Å². The minimum Gasteiger partial charge on any atom is -0.616 e. The van der Waals surface area contributed by atoms with Gasteiger partial charge in [-0.1, -0.05) is 89.6 Å². The zero-order chi connectivity index (χ0) is 29.3. The highest BCUT2D eigenvalue weighted by Crippen LogP contribution is 2.59. The van der Waals surface area contributed by atoms with E-state index in [1.807, 2.05) is 84.9 Å². The molecule has 44 heavy (non-hydrogen) atoms. The molecule has 3 aliphatic heterocycles. The number of allylic oxidation sites excluding steroid dienone is 2. The molecular weight excluding hydrogens is 546 g/mol. The van der Waals surface area contributed by atoms with Crippen molar-refractivity contribution in [2.24, 2.45) is 9.98 Å². The Morgan fingerprint density at radius 3 is 2.27 bits per heavy atom. The number of amidine groups is 2. The lowest BCUT2D eigenvalue weighted by molar-refractivity contribution is 0.670. The van der Waals surface area contributed by atoms with Crippen LogP contribution in [0, 0.1) is 5.21 Å². The van der Waals surface area contributed by atoms with Crippen molar-refractivity contribution in [2.45, 2.75) is 6.17 Å². The molecule has 0 saturated carbocycles. The summed E-state index contributed by atoms with van der Waals surface area (Å²) in [4.78, 5) is 9.96. The van der Waals surface area contributed by atoms with Crippen molar-refractivity contribution in [2.75, 3.05) is 0 Å². The van der Waals surface area contributed by atoms with E-state index in [-0.39, 0.29) is 6.17 Å². The highest BCUT2D eigenvalue weighted by Gasteiger charge is 2.51. The number of hydroxylamine groups is 1. The Bertz CT molecular complexity index is 2310. The number of nitrogens with one attached hydrogen (secondary N) is 1. The van der Waals surface area contributed by atoms with Gasteiger partial charge in [0.25, 0.3) is 6.21 Å². The second kappa shape index (κ2) is 9.33. The number of benzene rings is 5. The van der Waals surface area contributed by atoms with Crippen molar-refractivity contribution in [3.8, 4) is 11.1 Å². The summed E-state index contributed by atoms with van der Waals surface area (Å²) in [5.41, 5.74) is 8.46. The van der Waals surface area contributed by atoms with Gasteiger partial charge in [0.1, 0.15) is 22.8 Å². The highest BCUT2D eigenvalue weighted by molar-refractivity contribution is 6.18. The largest absolute Gasteiger partial charge is 0.616 e. The van der Waals surface area contributed by atoms with E-state index in [0.29, 0.717) is 5.70 Å². The van der Waals surface area contributed by atoms with E-state index in [1.54, 1.807) is 18.5 Å². The molecule has 2 unspecified atom stereocenters. The van der Waals surface area contributed by atoms with Gasteiger partial charge in [-0.2, -0.15) is 0 Å². The third-order valence-corrected chi connectivity index (χ3v) is 8.47. The first-order chi connectivity index (χ1) is 21.7. The SMILES string of the molecule is [O-][N+]1(C2=CC=[N+]=C2)c2ccc(-c3cccc4c3oc3cc(C5=NC(c6ccccc6)N=C(c6ccccc6)N5)ccc34)cc21. The lowest BCUT2D eigenvalue weighted by Crippen LogP contribution is -2.36. The molecule has 9 rings (SSSR count). The summed E-state index contributed by atoms with van der Waals surface area (Å²) in [7, 11) is 0. The zero-order valence-electron chi connectivity index (χ0n) is 23.4. The van der Waals surface area contributed by atoms with Crippen LogP contribution in [0.1, 0.15) is 22.9 Å². The third-order valence-electron chi connectivity index (χ3n) is 8.47. The van der Waals surface area contributed by atoms with E-state index in [1.165, 1.54) is 0 Å². The van der Waals surface area contributed by atoms with Gasteiger partial charge in [-0.3, -0.25) is 0 Å². The first kappa shape index (κ1) is 24.7. The highest BCUT2D eigenvalue weighted by atomic mass is 16.6. The fraction of sp³-hybridized carbons (Fsp3) is 0.0270. The van der Waals surface area contributed by atoms with Crippen LogP contribution in [0.5, 0.6) is 0 Å². The minimum atomic E-state index is -0.549. The molecule has 0 fully saturated rings. The number of fused-ring (bicyclic) bond motifs is 4. The quantitative estimate of drug-likeness (QED) is 0.102. The second-order valence-corrected chi connectivity index (χ2v) is 11.1. The Morgan fingerprint density at radius 1 is 0.705 bits per heavy atom.